The van der Waals surface area contributed by atoms with Crippen LogP contribution in [-0.2, 0) is 47.6 Å². The van der Waals surface area contributed by atoms with Crippen molar-refractivity contribution < 1.29 is 79.7 Å². The Hall–Kier alpha value is -1.10. The topological polar surface area (TPSA) is 140 Å². The SMILES string of the molecule is CC(C)c1cccc(C(C)C)c1[N]=[W]=[CH]C(C)(C)C.COCCOC.O=S(=O)(O)C(F)(F)F.O=S(=O)(O)C(F)(F)F. The van der Waals surface area contributed by atoms with Crippen molar-refractivity contribution in [3.05, 3.63) is 29.3 Å². The van der Waals surface area contributed by atoms with Crippen LogP contribution in [0.15, 0.2) is 21.7 Å². The number of hydrogen-bond donors (Lipinski definition) is 2. The fourth-order valence-corrected chi connectivity index (χ4v) is 4.48. The summed E-state index contributed by atoms with van der Waals surface area (Å²) >= 11 is -0.757. The van der Waals surface area contributed by atoms with E-state index in [0.29, 0.717) is 30.5 Å². The van der Waals surface area contributed by atoms with Crippen LogP contribution in [-0.4, -0.2) is 68.8 Å². The average molecular weight is 820 g/mol. The molecule has 0 aliphatic carbocycles. The molecule has 0 aromatic heterocycles. The van der Waals surface area contributed by atoms with Gasteiger partial charge < -0.3 is 9.47 Å². The van der Waals surface area contributed by atoms with Gasteiger partial charge in [0.25, 0.3) is 0 Å². The van der Waals surface area contributed by atoms with Gasteiger partial charge in [0.05, 0.1) is 13.2 Å². The fraction of sp³-hybridized carbons (Fsp3) is 0.696. The van der Waals surface area contributed by atoms with Gasteiger partial charge in [0.15, 0.2) is 0 Å². The van der Waals surface area contributed by atoms with Crippen molar-refractivity contribution in [3.8, 4) is 0 Å². The van der Waals surface area contributed by atoms with Gasteiger partial charge in [0, 0.05) is 14.2 Å². The van der Waals surface area contributed by atoms with Crippen LogP contribution in [0.4, 0.5) is 32.0 Å². The average Bonchev–Trinajstić information content (AvgIpc) is 2.75. The van der Waals surface area contributed by atoms with Crippen LogP contribution < -0.4 is 0 Å². The monoisotopic (exact) mass is 819 g/mol. The Kier molecular flexibility index (Phi) is 20.8. The van der Waals surface area contributed by atoms with Crippen molar-refractivity contribution in [3.63, 3.8) is 0 Å². The van der Waals surface area contributed by atoms with Gasteiger partial charge in [-0.15, -0.1) is 0 Å². The Morgan fingerprint density at radius 3 is 1.29 bits per heavy atom. The van der Waals surface area contributed by atoms with Gasteiger partial charge in [-0.3, -0.25) is 9.11 Å². The van der Waals surface area contributed by atoms with Gasteiger partial charge in [0.1, 0.15) is 0 Å². The van der Waals surface area contributed by atoms with E-state index in [0.717, 1.165) is 0 Å². The first-order valence-corrected chi connectivity index (χ1v) is 17.4. The quantitative estimate of drug-likeness (QED) is 0.139. The maximum Gasteiger partial charge on any atom is 0.522 e. The molecule has 1 rings (SSSR count). The molecule has 0 radical (unpaired) electrons. The van der Waals surface area contributed by atoms with E-state index < -0.39 is 49.2 Å². The molecule has 41 heavy (non-hydrogen) atoms. The molecule has 0 bridgehead atoms. The third-order valence-electron chi connectivity index (χ3n) is 3.97. The summed E-state index contributed by atoms with van der Waals surface area (Å²) in [5.41, 5.74) is -6.65. The molecule has 0 saturated carbocycles. The Morgan fingerprint density at radius 1 is 0.805 bits per heavy atom. The second-order valence-corrected chi connectivity index (χ2v) is 14.7. The van der Waals surface area contributed by atoms with E-state index in [-0.39, 0.29) is 0 Å². The van der Waals surface area contributed by atoms with Crippen molar-refractivity contribution in [1.29, 1.82) is 0 Å². The number of alkyl halides is 6. The van der Waals surface area contributed by atoms with Crippen LogP contribution in [0, 0.1) is 5.41 Å². The summed E-state index contributed by atoms with van der Waals surface area (Å²) in [7, 11) is -8.38. The molecule has 0 saturated heterocycles. The van der Waals surface area contributed by atoms with Gasteiger partial charge in [-0.05, 0) is 0 Å². The van der Waals surface area contributed by atoms with Crippen molar-refractivity contribution in [2.75, 3.05) is 27.4 Å². The maximum absolute atomic E-state index is 10.7. The Bertz CT molecular complexity index is 1100. The van der Waals surface area contributed by atoms with E-state index in [9.17, 15) is 26.3 Å². The maximum atomic E-state index is 10.7. The van der Waals surface area contributed by atoms with Crippen molar-refractivity contribution >= 4 is 30.3 Å². The smallest absolute Gasteiger partial charge is 0.382 e. The number of nitrogens with zero attached hydrogens (tertiary/aromatic N) is 1. The van der Waals surface area contributed by atoms with Gasteiger partial charge in [-0.25, -0.2) is 0 Å². The van der Waals surface area contributed by atoms with Crippen molar-refractivity contribution in [2.45, 2.75) is 71.3 Å². The zero-order valence-electron chi connectivity index (χ0n) is 24.2. The molecule has 0 fully saturated rings. The van der Waals surface area contributed by atoms with Crippen molar-refractivity contribution in [1.82, 2.24) is 0 Å². The Morgan fingerprint density at radius 2 is 1.10 bits per heavy atom. The molecule has 1 aromatic carbocycles. The Labute approximate surface area is 246 Å². The third kappa shape index (κ3) is 22.1. The van der Waals surface area contributed by atoms with Gasteiger partial charge in [0.2, 0.25) is 0 Å². The molecule has 0 aliphatic heterocycles. The molecular weight excluding hydrogens is 780 g/mol. The number of ether oxygens (including phenoxy) is 2. The second-order valence-electron chi connectivity index (χ2n) is 9.60. The van der Waals surface area contributed by atoms with Crippen LogP contribution in [0.2, 0.25) is 0 Å². The molecule has 0 heterocycles. The normalized spacial score (nSPS) is 12.3. The Balaban J connectivity index is -0.000000544. The molecule has 9 nitrogen and oxygen atoms in total. The molecule has 1 aromatic rings. The zero-order valence-corrected chi connectivity index (χ0v) is 28.7. The molecule has 0 aliphatic rings. The third-order valence-corrected chi connectivity index (χ3v) is 9.09. The van der Waals surface area contributed by atoms with Crippen LogP contribution in [0.25, 0.3) is 0 Å². The summed E-state index contributed by atoms with van der Waals surface area (Å²) in [6, 6.07) is 6.67. The minimum Gasteiger partial charge on any atom is -0.382 e. The standard InChI is InChI=1S/C12H17N.C5H10.C4H10O2.2CHF3O3S.W/c1-8(2)10-6-5-7-11(9(3)4)12(10)13;1-5(2,3)4;1-5-3-4-6-2;2*2-1(3,4)8(5,6)7;/h5-9H,1-4H3;1H,2-4H3;3-4H2,1-2H3;2*(H,5,6,7);. The minimum atomic E-state index is -5.84. The minimum absolute atomic E-state index is 0.304. The molecule has 18 heteroatoms. The first-order valence-electron chi connectivity index (χ1n) is 11.5. The zero-order chi connectivity index (χ0) is 33.5. The number of methoxy groups -OCH3 is 2. The summed E-state index contributed by atoms with van der Waals surface area (Å²) in [5.74, 6) is 1.09. The van der Waals surface area contributed by atoms with Crippen molar-refractivity contribution in [2.24, 2.45) is 8.91 Å². The number of hydrogen-bond acceptors (Lipinski definition) is 7. The number of rotatable bonds is 6. The molecule has 0 atom stereocenters. The summed E-state index contributed by atoms with van der Waals surface area (Å²) in [6.45, 7) is 17.2. The molecular formula is C23H39F6NO8S2W. The largest absolute Gasteiger partial charge is 0.522 e. The van der Waals surface area contributed by atoms with E-state index in [1.165, 1.54) is 16.8 Å². The summed E-state index contributed by atoms with van der Waals surface area (Å²) in [4.78, 5) is 0. The van der Waals surface area contributed by atoms with Gasteiger partial charge in [-0.1, -0.05) is 0 Å². The fourth-order valence-electron chi connectivity index (χ4n) is 2.02. The van der Waals surface area contributed by atoms with Gasteiger partial charge in [-0.2, -0.15) is 43.2 Å². The predicted octanol–water partition coefficient (Wildman–Crippen LogP) is 6.75. The van der Waals surface area contributed by atoms with Gasteiger partial charge >= 0.3 is 158 Å². The second kappa shape index (κ2) is 19.2. The number of benzene rings is 1. The predicted molar refractivity (Wildman–Crippen MR) is 141 cm³/mol. The van der Waals surface area contributed by atoms with Crippen LogP contribution in [0.1, 0.15) is 71.4 Å². The van der Waals surface area contributed by atoms with E-state index in [4.69, 9.17) is 29.4 Å². The molecule has 244 valence electrons. The molecule has 0 amide bonds. The van der Waals surface area contributed by atoms with E-state index >= 15 is 0 Å². The molecule has 2 N–H and O–H groups in total. The number of halogens is 6. The molecule has 0 unspecified atom stereocenters. The molecule has 0 spiro atoms. The van der Waals surface area contributed by atoms with Crippen LogP contribution in [0.3, 0.4) is 0 Å². The summed E-state index contributed by atoms with van der Waals surface area (Å²) in [5, 5.41) is 0. The van der Waals surface area contributed by atoms with Crippen LogP contribution >= 0.6 is 0 Å². The first-order chi connectivity index (χ1) is 18.1. The first kappa shape index (κ1) is 44.3. The van der Waals surface area contributed by atoms with E-state index in [2.05, 4.69) is 80.5 Å². The van der Waals surface area contributed by atoms with Crippen LogP contribution in [0.5, 0.6) is 0 Å². The summed E-state index contributed by atoms with van der Waals surface area (Å²) < 4.78 is 132. The van der Waals surface area contributed by atoms with E-state index in [1.807, 2.05) is 0 Å². The van der Waals surface area contributed by atoms with E-state index in [1.54, 1.807) is 14.2 Å². The summed E-state index contributed by atoms with van der Waals surface area (Å²) in [6.07, 6.45) is 0.